The van der Waals surface area contributed by atoms with Crippen molar-refractivity contribution in [2.24, 2.45) is 0 Å². The van der Waals surface area contributed by atoms with Crippen LogP contribution in [0.2, 0.25) is 0 Å². The van der Waals surface area contributed by atoms with Crippen molar-refractivity contribution in [3.63, 3.8) is 0 Å². The van der Waals surface area contributed by atoms with Gasteiger partial charge >= 0.3 is 0 Å². The number of hydrogen-bond donors (Lipinski definition) is 1. The summed E-state index contributed by atoms with van der Waals surface area (Å²) in [5.41, 5.74) is 1.39. The number of furan rings is 1. The summed E-state index contributed by atoms with van der Waals surface area (Å²) in [6.45, 7) is 2.56. The number of halogens is 1. The summed E-state index contributed by atoms with van der Waals surface area (Å²) in [6, 6.07) is 5.07. The lowest BCUT2D eigenvalue weighted by Gasteiger charge is -1.94. The van der Waals surface area contributed by atoms with Crippen molar-refractivity contribution in [1.82, 2.24) is 5.32 Å². The van der Waals surface area contributed by atoms with E-state index in [4.69, 9.17) is 4.42 Å². The fraction of sp³-hybridized carbons (Fsp3) is 0.273. The van der Waals surface area contributed by atoms with E-state index >= 15 is 0 Å². The minimum absolute atomic E-state index is 0.298. The summed E-state index contributed by atoms with van der Waals surface area (Å²) in [5.74, 6) is 0.462. The van der Waals surface area contributed by atoms with Crippen LogP contribution in [0.5, 0.6) is 0 Å². The van der Waals surface area contributed by atoms with E-state index in [0.717, 1.165) is 16.7 Å². The molecular formula is C11H12FNO. The summed E-state index contributed by atoms with van der Waals surface area (Å²) in [5, 5.41) is 3.82. The Morgan fingerprint density at radius 3 is 2.86 bits per heavy atom. The molecular weight excluding hydrogens is 181 g/mol. The first-order chi connectivity index (χ1) is 6.72. The monoisotopic (exact) mass is 193 g/mol. The zero-order valence-electron chi connectivity index (χ0n) is 8.23. The van der Waals surface area contributed by atoms with Gasteiger partial charge in [0.25, 0.3) is 0 Å². The van der Waals surface area contributed by atoms with E-state index < -0.39 is 0 Å². The molecule has 2 aromatic rings. The molecule has 0 fully saturated rings. The average molecular weight is 193 g/mol. The second-order valence-corrected chi connectivity index (χ2v) is 3.35. The highest BCUT2D eigenvalue weighted by Crippen LogP contribution is 2.25. The van der Waals surface area contributed by atoms with Crippen molar-refractivity contribution < 1.29 is 8.81 Å². The standard InChI is InChI=1S/C11H12FNO/c1-7-3-4-10(12)11-9(7)5-8(14-11)6-13-2/h3-5,13H,6H2,1-2H3. The van der Waals surface area contributed by atoms with Gasteiger partial charge in [0.05, 0.1) is 6.54 Å². The summed E-state index contributed by atoms with van der Waals surface area (Å²) < 4.78 is 18.7. The molecule has 0 saturated carbocycles. The molecule has 3 heteroatoms. The molecule has 74 valence electrons. The van der Waals surface area contributed by atoms with E-state index in [-0.39, 0.29) is 5.82 Å². The molecule has 2 rings (SSSR count). The maximum Gasteiger partial charge on any atom is 0.170 e. The molecule has 0 radical (unpaired) electrons. The molecule has 0 unspecified atom stereocenters. The van der Waals surface area contributed by atoms with Crippen LogP contribution in [-0.4, -0.2) is 7.05 Å². The molecule has 1 N–H and O–H groups in total. The Labute approximate surface area is 81.7 Å². The predicted octanol–water partition coefficient (Wildman–Crippen LogP) is 2.60. The van der Waals surface area contributed by atoms with Gasteiger partial charge in [-0.2, -0.15) is 0 Å². The normalized spacial score (nSPS) is 11.1. The minimum atomic E-state index is -0.298. The molecule has 14 heavy (non-hydrogen) atoms. The van der Waals surface area contributed by atoms with Crippen molar-refractivity contribution in [3.05, 3.63) is 35.3 Å². The smallest absolute Gasteiger partial charge is 0.170 e. The molecule has 1 aromatic heterocycles. The maximum absolute atomic E-state index is 13.3. The zero-order chi connectivity index (χ0) is 10.1. The quantitative estimate of drug-likeness (QED) is 0.793. The third-order valence-corrected chi connectivity index (χ3v) is 2.26. The molecule has 0 saturated heterocycles. The number of fused-ring (bicyclic) bond motifs is 1. The second-order valence-electron chi connectivity index (χ2n) is 3.35. The van der Waals surface area contributed by atoms with Crippen LogP contribution in [0.15, 0.2) is 22.6 Å². The van der Waals surface area contributed by atoms with Gasteiger partial charge in [-0.3, -0.25) is 0 Å². The Bertz CT molecular complexity index is 423. The van der Waals surface area contributed by atoms with Crippen LogP contribution in [-0.2, 0) is 6.54 Å². The van der Waals surface area contributed by atoms with Crippen molar-refractivity contribution in [2.75, 3.05) is 7.05 Å². The van der Waals surface area contributed by atoms with Gasteiger partial charge < -0.3 is 9.73 Å². The van der Waals surface area contributed by atoms with E-state index in [9.17, 15) is 4.39 Å². The Balaban J connectivity index is 2.63. The number of aryl methyl sites for hydroxylation is 1. The van der Waals surface area contributed by atoms with E-state index in [0.29, 0.717) is 12.1 Å². The molecule has 2 nitrogen and oxygen atoms in total. The third-order valence-electron chi connectivity index (χ3n) is 2.26. The topological polar surface area (TPSA) is 25.2 Å². The van der Waals surface area contributed by atoms with Gasteiger partial charge in [0.1, 0.15) is 5.76 Å². The Kier molecular flexibility index (Phi) is 2.25. The third kappa shape index (κ3) is 1.40. The summed E-state index contributed by atoms with van der Waals surface area (Å²) in [7, 11) is 1.83. The largest absolute Gasteiger partial charge is 0.457 e. The lowest BCUT2D eigenvalue weighted by atomic mass is 10.1. The second kappa shape index (κ2) is 3.42. The number of benzene rings is 1. The van der Waals surface area contributed by atoms with Gasteiger partial charge in [-0.25, -0.2) is 4.39 Å². The molecule has 1 heterocycles. The predicted molar refractivity (Wildman–Crippen MR) is 53.7 cm³/mol. The molecule has 0 spiro atoms. The average Bonchev–Trinajstić information content (AvgIpc) is 2.57. The fourth-order valence-electron chi connectivity index (χ4n) is 1.54. The number of hydrogen-bond acceptors (Lipinski definition) is 2. The first-order valence-electron chi connectivity index (χ1n) is 4.54. The van der Waals surface area contributed by atoms with Crippen LogP contribution in [0.25, 0.3) is 11.0 Å². The maximum atomic E-state index is 13.3. The van der Waals surface area contributed by atoms with Gasteiger partial charge in [0.2, 0.25) is 0 Å². The highest BCUT2D eigenvalue weighted by atomic mass is 19.1. The van der Waals surface area contributed by atoms with Crippen LogP contribution in [0.1, 0.15) is 11.3 Å². The molecule has 0 bridgehead atoms. The van der Waals surface area contributed by atoms with Crippen LogP contribution >= 0.6 is 0 Å². The van der Waals surface area contributed by atoms with Crippen LogP contribution < -0.4 is 5.32 Å². The summed E-state index contributed by atoms with van der Waals surface area (Å²) in [6.07, 6.45) is 0. The highest BCUT2D eigenvalue weighted by molar-refractivity contribution is 5.82. The molecule has 1 aromatic carbocycles. The van der Waals surface area contributed by atoms with E-state index in [1.54, 1.807) is 6.07 Å². The molecule has 0 aliphatic rings. The van der Waals surface area contributed by atoms with Crippen molar-refractivity contribution >= 4 is 11.0 Å². The van der Waals surface area contributed by atoms with Crippen molar-refractivity contribution in [2.45, 2.75) is 13.5 Å². The lowest BCUT2D eigenvalue weighted by Crippen LogP contribution is -2.03. The summed E-state index contributed by atoms with van der Waals surface area (Å²) in [4.78, 5) is 0. The van der Waals surface area contributed by atoms with Crippen LogP contribution in [0.4, 0.5) is 4.39 Å². The lowest BCUT2D eigenvalue weighted by molar-refractivity contribution is 0.507. The van der Waals surface area contributed by atoms with Gasteiger partial charge in [0, 0.05) is 5.39 Å². The SMILES string of the molecule is CNCc1cc2c(C)ccc(F)c2o1. The zero-order valence-corrected chi connectivity index (χ0v) is 8.23. The molecule has 0 amide bonds. The molecule has 0 atom stereocenters. The van der Waals surface area contributed by atoms with Crippen molar-refractivity contribution in [1.29, 1.82) is 0 Å². The first-order valence-corrected chi connectivity index (χ1v) is 4.54. The van der Waals surface area contributed by atoms with E-state index in [1.165, 1.54) is 6.07 Å². The minimum Gasteiger partial charge on any atom is -0.457 e. The number of nitrogens with one attached hydrogen (secondary N) is 1. The Morgan fingerprint density at radius 2 is 2.21 bits per heavy atom. The Hall–Kier alpha value is -1.35. The van der Waals surface area contributed by atoms with Crippen LogP contribution in [0.3, 0.4) is 0 Å². The summed E-state index contributed by atoms with van der Waals surface area (Å²) >= 11 is 0. The highest BCUT2D eigenvalue weighted by Gasteiger charge is 2.09. The first kappa shape index (κ1) is 9.21. The molecule has 0 aliphatic carbocycles. The van der Waals surface area contributed by atoms with E-state index in [2.05, 4.69) is 5.32 Å². The van der Waals surface area contributed by atoms with Gasteiger partial charge in [-0.05, 0) is 31.7 Å². The Morgan fingerprint density at radius 1 is 1.43 bits per heavy atom. The van der Waals surface area contributed by atoms with Crippen molar-refractivity contribution in [3.8, 4) is 0 Å². The van der Waals surface area contributed by atoms with Crippen LogP contribution in [0, 0.1) is 12.7 Å². The van der Waals surface area contributed by atoms with Gasteiger partial charge in [-0.15, -0.1) is 0 Å². The van der Waals surface area contributed by atoms with Gasteiger partial charge in [-0.1, -0.05) is 6.07 Å². The fourth-order valence-corrected chi connectivity index (χ4v) is 1.54. The van der Waals surface area contributed by atoms with E-state index in [1.807, 2.05) is 20.0 Å². The van der Waals surface area contributed by atoms with Gasteiger partial charge in [0.15, 0.2) is 11.4 Å². The number of rotatable bonds is 2. The molecule has 0 aliphatic heterocycles.